The van der Waals surface area contributed by atoms with Crippen LogP contribution in [0.4, 0.5) is 5.69 Å². The van der Waals surface area contributed by atoms with Crippen LogP contribution >= 0.6 is 0 Å². The van der Waals surface area contributed by atoms with Gasteiger partial charge in [-0.2, -0.15) is 0 Å². The number of piperidine rings is 1. The third-order valence-electron chi connectivity index (χ3n) is 3.34. The van der Waals surface area contributed by atoms with Crippen molar-refractivity contribution in [1.29, 1.82) is 0 Å². The zero-order chi connectivity index (χ0) is 13.8. The molecule has 0 bridgehead atoms. The topological polar surface area (TPSA) is 84.3 Å². The number of carbonyl (C=O) groups is 1. The molecule has 0 unspecified atom stereocenters. The van der Waals surface area contributed by atoms with Gasteiger partial charge in [0.25, 0.3) is 11.6 Å². The summed E-state index contributed by atoms with van der Waals surface area (Å²) in [7, 11) is 0. The molecule has 0 radical (unpaired) electrons. The standard InChI is InChI=1S/C13H17N3O3/c1-9-3-2-4-11(12(9)16(18)19)13(17)15-10-5-7-14-8-6-10/h2-4,10,14H,5-8H2,1H3,(H,15,17). The number of hydrogen-bond donors (Lipinski definition) is 2. The summed E-state index contributed by atoms with van der Waals surface area (Å²) in [4.78, 5) is 22.7. The molecular weight excluding hydrogens is 246 g/mol. The molecule has 1 aromatic carbocycles. The molecule has 1 heterocycles. The molecule has 1 saturated heterocycles. The summed E-state index contributed by atoms with van der Waals surface area (Å²) in [6.45, 7) is 3.36. The van der Waals surface area contributed by atoms with Gasteiger partial charge >= 0.3 is 0 Å². The van der Waals surface area contributed by atoms with Crippen LogP contribution < -0.4 is 10.6 Å². The van der Waals surface area contributed by atoms with Gasteiger partial charge in [0.1, 0.15) is 5.56 Å². The maximum Gasteiger partial charge on any atom is 0.285 e. The summed E-state index contributed by atoms with van der Waals surface area (Å²) in [5.41, 5.74) is 0.542. The van der Waals surface area contributed by atoms with Gasteiger partial charge in [0.15, 0.2) is 0 Å². The van der Waals surface area contributed by atoms with Gasteiger partial charge in [0, 0.05) is 11.6 Å². The number of nitrogens with zero attached hydrogens (tertiary/aromatic N) is 1. The van der Waals surface area contributed by atoms with E-state index in [4.69, 9.17) is 0 Å². The van der Waals surface area contributed by atoms with Crippen molar-refractivity contribution in [3.8, 4) is 0 Å². The zero-order valence-corrected chi connectivity index (χ0v) is 10.8. The molecule has 0 aromatic heterocycles. The third kappa shape index (κ3) is 3.08. The van der Waals surface area contributed by atoms with Gasteiger partial charge in [-0.1, -0.05) is 12.1 Å². The molecule has 0 aliphatic carbocycles. The Kier molecular flexibility index (Phi) is 4.11. The van der Waals surface area contributed by atoms with Gasteiger partial charge in [-0.3, -0.25) is 14.9 Å². The lowest BCUT2D eigenvalue weighted by Crippen LogP contribution is -2.42. The largest absolute Gasteiger partial charge is 0.349 e. The highest BCUT2D eigenvalue weighted by atomic mass is 16.6. The Hall–Kier alpha value is -1.95. The highest BCUT2D eigenvalue weighted by Gasteiger charge is 2.24. The van der Waals surface area contributed by atoms with Gasteiger partial charge in [-0.05, 0) is 38.9 Å². The summed E-state index contributed by atoms with van der Waals surface area (Å²) in [5, 5.41) is 17.1. The number of carbonyl (C=O) groups excluding carboxylic acids is 1. The Bertz CT molecular complexity index is 496. The van der Waals surface area contributed by atoms with E-state index in [9.17, 15) is 14.9 Å². The minimum absolute atomic E-state index is 0.0915. The molecule has 0 spiro atoms. The van der Waals surface area contributed by atoms with E-state index in [1.165, 1.54) is 6.07 Å². The Morgan fingerprint density at radius 3 is 2.74 bits per heavy atom. The lowest BCUT2D eigenvalue weighted by atomic mass is 10.0. The SMILES string of the molecule is Cc1cccc(C(=O)NC2CCNCC2)c1[N+](=O)[O-]. The van der Waals surface area contributed by atoms with E-state index in [0.29, 0.717) is 5.56 Å². The second-order valence-corrected chi connectivity index (χ2v) is 4.73. The van der Waals surface area contributed by atoms with Crippen LogP contribution in [0, 0.1) is 17.0 Å². The van der Waals surface area contributed by atoms with Crippen molar-refractivity contribution < 1.29 is 9.72 Å². The van der Waals surface area contributed by atoms with Gasteiger partial charge in [0.2, 0.25) is 0 Å². The van der Waals surface area contributed by atoms with Crippen LogP contribution in [0.3, 0.4) is 0 Å². The summed E-state index contributed by atoms with van der Waals surface area (Å²) in [6, 6.07) is 4.90. The molecule has 6 nitrogen and oxygen atoms in total. The summed E-state index contributed by atoms with van der Waals surface area (Å²) < 4.78 is 0. The number of para-hydroxylation sites is 1. The molecule has 1 aliphatic rings. The highest BCUT2D eigenvalue weighted by Crippen LogP contribution is 2.23. The molecule has 6 heteroatoms. The fraction of sp³-hybridized carbons (Fsp3) is 0.462. The zero-order valence-electron chi connectivity index (χ0n) is 10.8. The van der Waals surface area contributed by atoms with E-state index in [2.05, 4.69) is 10.6 Å². The first-order valence-electron chi connectivity index (χ1n) is 6.35. The quantitative estimate of drug-likeness (QED) is 0.637. The molecule has 2 N–H and O–H groups in total. The number of nitro groups is 1. The van der Waals surface area contributed by atoms with Crippen LogP contribution in [-0.2, 0) is 0 Å². The van der Waals surface area contributed by atoms with Gasteiger partial charge in [-0.15, -0.1) is 0 Å². The predicted octanol–water partition coefficient (Wildman–Crippen LogP) is 1.39. The molecular formula is C13H17N3O3. The minimum Gasteiger partial charge on any atom is -0.349 e. The molecule has 19 heavy (non-hydrogen) atoms. The summed E-state index contributed by atoms with van der Waals surface area (Å²) in [6.07, 6.45) is 1.71. The third-order valence-corrected chi connectivity index (χ3v) is 3.34. The number of amides is 1. The number of nitrogens with one attached hydrogen (secondary N) is 2. The molecule has 1 aliphatic heterocycles. The Morgan fingerprint density at radius 2 is 2.11 bits per heavy atom. The number of rotatable bonds is 3. The average Bonchev–Trinajstić information content (AvgIpc) is 2.39. The van der Waals surface area contributed by atoms with Gasteiger partial charge in [-0.25, -0.2) is 0 Å². The van der Waals surface area contributed by atoms with Crippen molar-refractivity contribution in [3.05, 3.63) is 39.4 Å². The minimum atomic E-state index is -0.493. The van der Waals surface area contributed by atoms with Gasteiger partial charge < -0.3 is 10.6 Å². The van der Waals surface area contributed by atoms with Crippen LogP contribution in [0.25, 0.3) is 0 Å². The van der Waals surface area contributed by atoms with E-state index >= 15 is 0 Å². The van der Waals surface area contributed by atoms with E-state index in [1.807, 2.05) is 0 Å². The number of nitro benzene ring substituents is 1. The average molecular weight is 263 g/mol. The van der Waals surface area contributed by atoms with Crippen LogP contribution in [0.5, 0.6) is 0 Å². The monoisotopic (exact) mass is 263 g/mol. The molecule has 102 valence electrons. The van der Waals surface area contributed by atoms with Crippen molar-refractivity contribution >= 4 is 11.6 Å². The van der Waals surface area contributed by atoms with Crippen molar-refractivity contribution in [2.75, 3.05) is 13.1 Å². The Labute approximate surface area is 111 Å². The first kappa shape index (κ1) is 13.5. The second kappa shape index (κ2) is 5.79. The molecule has 0 atom stereocenters. The van der Waals surface area contributed by atoms with Crippen molar-refractivity contribution in [2.24, 2.45) is 0 Å². The highest BCUT2D eigenvalue weighted by molar-refractivity contribution is 5.98. The number of benzene rings is 1. The predicted molar refractivity (Wildman–Crippen MR) is 71.2 cm³/mol. The first-order chi connectivity index (χ1) is 9.09. The maximum atomic E-state index is 12.2. The first-order valence-corrected chi connectivity index (χ1v) is 6.35. The van der Waals surface area contributed by atoms with Gasteiger partial charge in [0.05, 0.1) is 4.92 Å². The Morgan fingerprint density at radius 1 is 1.42 bits per heavy atom. The van der Waals surface area contributed by atoms with E-state index in [-0.39, 0.29) is 23.2 Å². The molecule has 1 fully saturated rings. The van der Waals surface area contributed by atoms with Crippen molar-refractivity contribution in [2.45, 2.75) is 25.8 Å². The number of hydrogen-bond acceptors (Lipinski definition) is 4. The van der Waals surface area contributed by atoms with E-state index in [1.54, 1.807) is 19.1 Å². The molecule has 2 rings (SSSR count). The summed E-state index contributed by atoms with van der Waals surface area (Å²) in [5.74, 6) is -0.359. The maximum absolute atomic E-state index is 12.2. The lowest BCUT2D eigenvalue weighted by molar-refractivity contribution is -0.385. The smallest absolute Gasteiger partial charge is 0.285 e. The second-order valence-electron chi connectivity index (χ2n) is 4.73. The van der Waals surface area contributed by atoms with Crippen LogP contribution in [0.2, 0.25) is 0 Å². The normalized spacial score (nSPS) is 16.1. The van der Waals surface area contributed by atoms with Crippen LogP contribution in [-0.4, -0.2) is 30.0 Å². The van der Waals surface area contributed by atoms with Crippen molar-refractivity contribution in [1.82, 2.24) is 10.6 Å². The fourth-order valence-corrected chi connectivity index (χ4v) is 2.31. The van der Waals surface area contributed by atoms with E-state index in [0.717, 1.165) is 25.9 Å². The molecule has 0 saturated carbocycles. The lowest BCUT2D eigenvalue weighted by Gasteiger charge is -2.23. The molecule has 1 aromatic rings. The van der Waals surface area contributed by atoms with Crippen LogP contribution in [0.15, 0.2) is 18.2 Å². The van der Waals surface area contributed by atoms with Crippen LogP contribution in [0.1, 0.15) is 28.8 Å². The Balaban J connectivity index is 2.18. The van der Waals surface area contributed by atoms with E-state index < -0.39 is 4.92 Å². The van der Waals surface area contributed by atoms with Crippen molar-refractivity contribution in [3.63, 3.8) is 0 Å². The molecule has 1 amide bonds. The fourth-order valence-electron chi connectivity index (χ4n) is 2.31. The number of aryl methyl sites for hydroxylation is 1. The summed E-state index contributed by atoms with van der Waals surface area (Å²) >= 11 is 0.